The maximum Gasteiger partial charge on any atom is 0.317 e. The topological polar surface area (TPSA) is 68.1 Å². The van der Waals surface area contributed by atoms with Gasteiger partial charge in [-0.1, -0.05) is 33.1 Å². The number of aromatic hydroxyl groups is 1. The Balaban J connectivity index is 1.94. The predicted molar refractivity (Wildman–Crippen MR) is 85.7 cm³/mol. The normalized spacial score (nSPS) is 12.1. The largest absolute Gasteiger partial charge is 0.493 e. The Morgan fingerprint density at radius 1 is 1.14 bits per heavy atom. The second-order valence-electron chi connectivity index (χ2n) is 5.36. The van der Waals surface area contributed by atoms with Gasteiger partial charge in [-0.05, 0) is 36.6 Å². The van der Waals surface area contributed by atoms with Crippen molar-refractivity contribution in [1.82, 2.24) is 15.0 Å². The monoisotopic (exact) mass is 301 g/mol. The van der Waals surface area contributed by atoms with Crippen LogP contribution in [0.2, 0.25) is 0 Å². The third kappa shape index (κ3) is 4.69. The van der Waals surface area contributed by atoms with Gasteiger partial charge in [0, 0.05) is 5.56 Å². The fraction of sp³-hybridized carbons (Fsp3) is 0.471. The van der Waals surface area contributed by atoms with E-state index in [1.54, 1.807) is 0 Å². The first-order chi connectivity index (χ1) is 10.7. The number of aromatic nitrogens is 3. The Labute approximate surface area is 131 Å². The van der Waals surface area contributed by atoms with Gasteiger partial charge >= 0.3 is 6.01 Å². The molecule has 2 rings (SSSR count). The molecule has 2 aromatic rings. The number of hydrogen-bond acceptors (Lipinski definition) is 5. The van der Waals surface area contributed by atoms with Gasteiger partial charge in [0.15, 0.2) is 5.82 Å². The lowest BCUT2D eigenvalue weighted by atomic mass is 10.0. The van der Waals surface area contributed by atoms with Crippen molar-refractivity contribution in [2.75, 3.05) is 6.61 Å². The van der Waals surface area contributed by atoms with Crippen LogP contribution in [0.25, 0.3) is 11.4 Å². The van der Waals surface area contributed by atoms with Crippen LogP contribution in [0, 0.1) is 5.92 Å². The lowest BCUT2D eigenvalue weighted by molar-refractivity contribution is 0.233. The average molecular weight is 301 g/mol. The molecule has 5 nitrogen and oxygen atoms in total. The van der Waals surface area contributed by atoms with Gasteiger partial charge in [0.2, 0.25) is 0 Å². The molecule has 1 atom stereocenters. The smallest absolute Gasteiger partial charge is 0.317 e. The second kappa shape index (κ2) is 8.32. The Morgan fingerprint density at radius 3 is 2.55 bits per heavy atom. The molecule has 0 aliphatic heterocycles. The molecule has 0 amide bonds. The Bertz CT molecular complexity index is 572. The SMILES string of the molecule is CCCCC(CC)COc1ccc(-c2ncnc(O)n2)cc1. The van der Waals surface area contributed by atoms with E-state index in [1.165, 1.54) is 25.6 Å². The van der Waals surface area contributed by atoms with E-state index in [2.05, 4.69) is 28.8 Å². The third-order valence-electron chi connectivity index (χ3n) is 3.70. The highest BCUT2D eigenvalue weighted by Crippen LogP contribution is 2.21. The van der Waals surface area contributed by atoms with Crippen molar-refractivity contribution in [3.63, 3.8) is 0 Å². The van der Waals surface area contributed by atoms with Crippen LogP contribution in [-0.2, 0) is 0 Å². The molecule has 1 aromatic carbocycles. The Morgan fingerprint density at radius 2 is 1.91 bits per heavy atom. The summed E-state index contributed by atoms with van der Waals surface area (Å²) in [5.74, 6) is 1.91. The fourth-order valence-electron chi connectivity index (χ4n) is 2.24. The zero-order chi connectivity index (χ0) is 15.8. The molecule has 0 aliphatic carbocycles. The number of benzene rings is 1. The molecule has 0 saturated carbocycles. The van der Waals surface area contributed by atoms with Crippen LogP contribution in [0.4, 0.5) is 0 Å². The van der Waals surface area contributed by atoms with E-state index >= 15 is 0 Å². The number of ether oxygens (including phenoxy) is 1. The van der Waals surface area contributed by atoms with E-state index < -0.39 is 0 Å². The zero-order valence-electron chi connectivity index (χ0n) is 13.2. The summed E-state index contributed by atoms with van der Waals surface area (Å²) in [6.07, 6.45) is 6.13. The van der Waals surface area contributed by atoms with E-state index in [-0.39, 0.29) is 6.01 Å². The van der Waals surface area contributed by atoms with Gasteiger partial charge in [-0.15, -0.1) is 0 Å². The van der Waals surface area contributed by atoms with Crippen LogP contribution in [0.1, 0.15) is 39.5 Å². The molecule has 22 heavy (non-hydrogen) atoms. The molecular formula is C17H23N3O2. The van der Waals surface area contributed by atoms with Gasteiger partial charge in [0.05, 0.1) is 6.61 Å². The highest BCUT2D eigenvalue weighted by Gasteiger charge is 2.08. The van der Waals surface area contributed by atoms with Crippen LogP contribution in [0.3, 0.4) is 0 Å². The van der Waals surface area contributed by atoms with E-state index in [1.807, 2.05) is 24.3 Å². The molecule has 0 spiro atoms. The van der Waals surface area contributed by atoms with Crippen molar-refractivity contribution >= 4 is 0 Å². The molecule has 1 unspecified atom stereocenters. The first-order valence-electron chi connectivity index (χ1n) is 7.84. The molecule has 1 heterocycles. The van der Waals surface area contributed by atoms with E-state index in [9.17, 15) is 5.11 Å². The van der Waals surface area contributed by atoms with Crippen molar-refractivity contribution in [1.29, 1.82) is 0 Å². The minimum absolute atomic E-state index is 0.271. The van der Waals surface area contributed by atoms with Crippen LogP contribution in [0.5, 0.6) is 11.8 Å². The average Bonchev–Trinajstić information content (AvgIpc) is 2.55. The van der Waals surface area contributed by atoms with Gasteiger partial charge in [-0.2, -0.15) is 9.97 Å². The maximum atomic E-state index is 9.29. The predicted octanol–water partition coefficient (Wildman–Crippen LogP) is 3.84. The molecule has 118 valence electrons. The van der Waals surface area contributed by atoms with E-state index in [0.29, 0.717) is 11.7 Å². The zero-order valence-corrected chi connectivity index (χ0v) is 13.2. The quantitative estimate of drug-likeness (QED) is 0.802. The summed E-state index contributed by atoms with van der Waals surface area (Å²) in [5, 5.41) is 9.29. The summed E-state index contributed by atoms with van der Waals surface area (Å²) >= 11 is 0. The van der Waals surface area contributed by atoms with Crippen molar-refractivity contribution in [2.24, 2.45) is 5.92 Å². The lowest BCUT2D eigenvalue weighted by Gasteiger charge is -2.15. The summed E-state index contributed by atoms with van der Waals surface area (Å²) in [7, 11) is 0. The molecular weight excluding hydrogens is 278 g/mol. The summed E-state index contributed by atoms with van der Waals surface area (Å²) in [5.41, 5.74) is 0.822. The molecule has 0 fully saturated rings. The second-order valence-corrected chi connectivity index (χ2v) is 5.36. The van der Waals surface area contributed by atoms with Gasteiger partial charge in [-0.3, -0.25) is 0 Å². The van der Waals surface area contributed by atoms with Crippen LogP contribution in [0.15, 0.2) is 30.6 Å². The first-order valence-corrected chi connectivity index (χ1v) is 7.84. The summed E-state index contributed by atoms with van der Waals surface area (Å²) in [6, 6.07) is 7.31. The van der Waals surface area contributed by atoms with Crippen molar-refractivity contribution < 1.29 is 9.84 Å². The number of nitrogens with zero attached hydrogens (tertiary/aromatic N) is 3. The molecule has 0 saturated heterocycles. The molecule has 5 heteroatoms. The summed E-state index contributed by atoms with van der Waals surface area (Å²) in [6.45, 7) is 5.17. The van der Waals surface area contributed by atoms with Crippen LogP contribution >= 0.6 is 0 Å². The highest BCUT2D eigenvalue weighted by molar-refractivity contribution is 5.55. The standard InChI is InChI=1S/C17H23N3O2/c1-3-5-6-13(4-2)11-22-15-9-7-14(8-10-15)16-18-12-19-17(21)20-16/h7-10,12-13H,3-6,11H2,1-2H3,(H,18,19,20,21). The Hall–Kier alpha value is -2.17. The Kier molecular flexibility index (Phi) is 6.13. The first kappa shape index (κ1) is 16.2. The number of rotatable bonds is 8. The van der Waals surface area contributed by atoms with Gasteiger partial charge in [-0.25, -0.2) is 4.98 Å². The van der Waals surface area contributed by atoms with Gasteiger partial charge < -0.3 is 9.84 Å². The minimum atomic E-state index is -0.271. The van der Waals surface area contributed by atoms with Crippen molar-refractivity contribution in [3.8, 4) is 23.1 Å². The van der Waals surface area contributed by atoms with Crippen LogP contribution < -0.4 is 4.74 Å². The molecule has 0 bridgehead atoms. The fourth-order valence-corrected chi connectivity index (χ4v) is 2.24. The number of hydrogen-bond donors (Lipinski definition) is 1. The molecule has 0 radical (unpaired) electrons. The lowest BCUT2D eigenvalue weighted by Crippen LogP contribution is -2.11. The number of unbranched alkanes of at least 4 members (excludes halogenated alkanes) is 1. The van der Waals surface area contributed by atoms with Crippen molar-refractivity contribution in [2.45, 2.75) is 39.5 Å². The molecule has 1 aromatic heterocycles. The van der Waals surface area contributed by atoms with Crippen molar-refractivity contribution in [3.05, 3.63) is 30.6 Å². The third-order valence-corrected chi connectivity index (χ3v) is 3.70. The maximum absolute atomic E-state index is 9.29. The molecule has 0 aliphatic rings. The highest BCUT2D eigenvalue weighted by atomic mass is 16.5. The summed E-state index contributed by atoms with van der Waals surface area (Å²) in [4.78, 5) is 11.5. The minimum Gasteiger partial charge on any atom is -0.493 e. The van der Waals surface area contributed by atoms with E-state index in [4.69, 9.17) is 4.74 Å². The summed E-state index contributed by atoms with van der Waals surface area (Å²) < 4.78 is 5.87. The van der Waals surface area contributed by atoms with E-state index in [0.717, 1.165) is 24.3 Å². The van der Waals surface area contributed by atoms with Gasteiger partial charge in [0.25, 0.3) is 0 Å². The van der Waals surface area contributed by atoms with Crippen LogP contribution in [-0.4, -0.2) is 26.7 Å². The van der Waals surface area contributed by atoms with Gasteiger partial charge in [0.1, 0.15) is 12.1 Å². The molecule has 1 N–H and O–H groups in total.